The van der Waals surface area contributed by atoms with Gasteiger partial charge in [0.05, 0.1) is 19.8 Å². The van der Waals surface area contributed by atoms with Crippen LogP contribution in [0.2, 0.25) is 0 Å². The van der Waals surface area contributed by atoms with Crippen molar-refractivity contribution < 1.29 is 19.1 Å². The highest BCUT2D eigenvalue weighted by Gasteiger charge is 2.28. The molecule has 0 radical (unpaired) electrons. The second-order valence-electron chi connectivity index (χ2n) is 6.06. The van der Waals surface area contributed by atoms with Gasteiger partial charge in [-0.15, -0.1) is 11.3 Å². The number of rotatable bonds is 3. The van der Waals surface area contributed by atoms with Gasteiger partial charge in [0.1, 0.15) is 9.88 Å². The lowest BCUT2D eigenvalue weighted by molar-refractivity contribution is 0.0601. The van der Waals surface area contributed by atoms with Gasteiger partial charge in [-0.05, 0) is 49.2 Å². The summed E-state index contributed by atoms with van der Waals surface area (Å²) in [7, 11) is 2.61. The highest BCUT2D eigenvalue weighted by molar-refractivity contribution is 7.80. The molecule has 0 saturated heterocycles. The molecule has 27 heavy (non-hydrogen) atoms. The summed E-state index contributed by atoms with van der Waals surface area (Å²) < 4.78 is 9.70. The SMILES string of the molecule is COC(=O)c1sc(NC(=S)N2CCCc3ccccc32)c(C(=O)OC)c1C. The van der Waals surface area contributed by atoms with E-state index in [0.29, 0.717) is 26.1 Å². The fraction of sp³-hybridized carbons (Fsp3) is 0.316. The summed E-state index contributed by atoms with van der Waals surface area (Å²) in [5, 5.41) is 4.10. The fourth-order valence-electron chi connectivity index (χ4n) is 3.15. The minimum absolute atomic E-state index is 0.301. The summed E-state index contributed by atoms with van der Waals surface area (Å²) in [6.07, 6.45) is 1.99. The maximum atomic E-state index is 12.3. The van der Waals surface area contributed by atoms with Gasteiger partial charge >= 0.3 is 11.9 Å². The lowest BCUT2D eigenvalue weighted by Crippen LogP contribution is -2.38. The van der Waals surface area contributed by atoms with Crippen molar-refractivity contribution in [2.45, 2.75) is 19.8 Å². The highest BCUT2D eigenvalue weighted by Crippen LogP contribution is 2.35. The number of ether oxygens (including phenoxy) is 2. The molecular weight excluding hydrogens is 384 g/mol. The van der Waals surface area contributed by atoms with Gasteiger partial charge < -0.3 is 19.7 Å². The quantitative estimate of drug-likeness (QED) is 0.617. The van der Waals surface area contributed by atoms with E-state index in [1.54, 1.807) is 6.92 Å². The minimum Gasteiger partial charge on any atom is -0.465 e. The van der Waals surface area contributed by atoms with E-state index in [0.717, 1.165) is 36.4 Å². The van der Waals surface area contributed by atoms with Crippen LogP contribution in [0.1, 0.15) is 37.6 Å². The van der Waals surface area contributed by atoms with Crippen LogP contribution >= 0.6 is 23.6 Å². The first kappa shape index (κ1) is 19.3. The highest BCUT2D eigenvalue weighted by atomic mass is 32.1. The van der Waals surface area contributed by atoms with Crippen LogP contribution in [0.3, 0.4) is 0 Å². The van der Waals surface area contributed by atoms with E-state index < -0.39 is 11.9 Å². The minimum atomic E-state index is -0.525. The van der Waals surface area contributed by atoms with Crippen LogP contribution in [0.25, 0.3) is 0 Å². The molecule has 2 aromatic rings. The number of para-hydroxylation sites is 1. The first-order valence-corrected chi connectivity index (χ1v) is 9.66. The molecule has 1 aliphatic rings. The number of benzene rings is 1. The first-order chi connectivity index (χ1) is 13.0. The number of nitrogens with zero attached hydrogens (tertiary/aromatic N) is 1. The number of aryl methyl sites for hydroxylation is 1. The number of fused-ring (bicyclic) bond motifs is 1. The van der Waals surface area contributed by atoms with Crippen LogP contribution in [0.5, 0.6) is 0 Å². The standard InChI is InChI=1S/C19H20N2O4S2/c1-11-14(17(22)24-2)16(27-15(11)18(23)25-3)20-19(26)21-10-6-8-12-7-4-5-9-13(12)21/h4-5,7,9H,6,8,10H2,1-3H3,(H,20,26). The predicted molar refractivity (Wildman–Crippen MR) is 110 cm³/mol. The molecular formula is C19H20N2O4S2. The summed E-state index contributed by atoms with van der Waals surface area (Å²) in [5.74, 6) is -1.02. The van der Waals surface area contributed by atoms with Gasteiger partial charge in [0.15, 0.2) is 5.11 Å². The maximum absolute atomic E-state index is 12.3. The molecule has 0 fully saturated rings. The molecule has 6 nitrogen and oxygen atoms in total. The van der Waals surface area contributed by atoms with E-state index in [9.17, 15) is 9.59 Å². The fourth-order valence-corrected chi connectivity index (χ4v) is 4.61. The Balaban J connectivity index is 1.95. The van der Waals surface area contributed by atoms with E-state index in [1.165, 1.54) is 19.8 Å². The third-order valence-corrected chi connectivity index (χ3v) is 5.99. The van der Waals surface area contributed by atoms with Crippen molar-refractivity contribution in [3.8, 4) is 0 Å². The van der Waals surface area contributed by atoms with Crippen molar-refractivity contribution in [2.75, 3.05) is 31.0 Å². The zero-order valence-electron chi connectivity index (χ0n) is 15.3. The van der Waals surface area contributed by atoms with E-state index in [2.05, 4.69) is 11.4 Å². The number of carbonyl (C=O) groups is 2. The molecule has 0 spiro atoms. The van der Waals surface area contributed by atoms with Crippen LogP contribution in [-0.4, -0.2) is 37.8 Å². The predicted octanol–water partition coefficient (Wildman–Crippen LogP) is 3.78. The van der Waals surface area contributed by atoms with Gasteiger partial charge in [-0.1, -0.05) is 18.2 Å². The number of hydrogen-bond donors (Lipinski definition) is 1. The number of methoxy groups -OCH3 is 2. The van der Waals surface area contributed by atoms with E-state index in [4.69, 9.17) is 21.7 Å². The third-order valence-electron chi connectivity index (χ3n) is 4.48. The summed E-state index contributed by atoms with van der Waals surface area (Å²) >= 11 is 6.75. The van der Waals surface area contributed by atoms with Gasteiger partial charge in [-0.2, -0.15) is 0 Å². The zero-order valence-corrected chi connectivity index (χ0v) is 17.0. The number of thiocarbonyl (C=S) groups is 1. The Morgan fingerprint density at radius 1 is 1.19 bits per heavy atom. The molecule has 0 unspecified atom stereocenters. The van der Waals surface area contributed by atoms with Crippen LogP contribution in [0.4, 0.5) is 10.7 Å². The smallest absolute Gasteiger partial charge is 0.348 e. The molecule has 0 saturated carbocycles. The lowest BCUT2D eigenvalue weighted by Gasteiger charge is -2.31. The Hall–Kier alpha value is -2.45. The van der Waals surface area contributed by atoms with Crippen LogP contribution in [-0.2, 0) is 15.9 Å². The van der Waals surface area contributed by atoms with Gasteiger partial charge in [-0.3, -0.25) is 0 Å². The monoisotopic (exact) mass is 404 g/mol. The molecule has 2 heterocycles. The number of nitrogens with one attached hydrogen (secondary N) is 1. The summed E-state index contributed by atoms with van der Waals surface area (Å²) in [4.78, 5) is 26.7. The van der Waals surface area contributed by atoms with E-state index in [1.807, 2.05) is 23.1 Å². The summed E-state index contributed by atoms with van der Waals surface area (Å²) in [6, 6.07) is 8.11. The van der Waals surface area contributed by atoms with Crippen molar-refractivity contribution in [2.24, 2.45) is 0 Å². The molecule has 1 N–H and O–H groups in total. The summed E-state index contributed by atoms with van der Waals surface area (Å²) in [5.41, 5.74) is 3.11. The average molecular weight is 405 g/mol. The molecule has 0 amide bonds. The van der Waals surface area contributed by atoms with Crippen LogP contribution in [0, 0.1) is 6.92 Å². The second-order valence-corrected chi connectivity index (χ2v) is 7.46. The molecule has 142 valence electrons. The van der Waals surface area contributed by atoms with Crippen molar-refractivity contribution >= 4 is 51.3 Å². The van der Waals surface area contributed by atoms with Gasteiger partial charge in [0.2, 0.25) is 0 Å². The normalized spacial score (nSPS) is 12.9. The Labute approximate surface area is 167 Å². The second kappa shape index (κ2) is 8.06. The van der Waals surface area contributed by atoms with E-state index in [-0.39, 0.29) is 0 Å². The number of hydrogen-bond acceptors (Lipinski definition) is 6. The number of thiophene rings is 1. The number of carbonyl (C=O) groups excluding carboxylic acids is 2. The number of esters is 2. The average Bonchev–Trinajstić information content (AvgIpc) is 3.02. The molecule has 1 aromatic heterocycles. The van der Waals surface area contributed by atoms with Crippen LogP contribution < -0.4 is 10.2 Å². The molecule has 0 atom stereocenters. The Morgan fingerprint density at radius 3 is 2.59 bits per heavy atom. The maximum Gasteiger partial charge on any atom is 0.348 e. The van der Waals surface area contributed by atoms with Crippen LogP contribution in [0.15, 0.2) is 24.3 Å². The molecule has 0 bridgehead atoms. The Morgan fingerprint density at radius 2 is 1.89 bits per heavy atom. The van der Waals surface area contributed by atoms with Crippen molar-refractivity contribution in [1.82, 2.24) is 0 Å². The molecule has 8 heteroatoms. The van der Waals surface area contributed by atoms with Gasteiger partial charge in [0, 0.05) is 12.2 Å². The molecule has 1 aliphatic heterocycles. The number of anilines is 2. The van der Waals surface area contributed by atoms with Gasteiger partial charge in [-0.25, -0.2) is 9.59 Å². The van der Waals surface area contributed by atoms with Crippen molar-refractivity contribution in [3.05, 3.63) is 45.8 Å². The lowest BCUT2D eigenvalue weighted by atomic mass is 10.0. The molecule has 0 aliphatic carbocycles. The Kier molecular flexibility index (Phi) is 5.76. The Bertz CT molecular complexity index is 907. The van der Waals surface area contributed by atoms with E-state index >= 15 is 0 Å². The summed E-state index contributed by atoms with van der Waals surface area (Å²) in [6.45, 7) is 2.48. The van der Waals surface area contributed by atoms with Gasteiger partial charge in [0.25, 0.3) is 0 Å². The van der Waals surface area contributed by atoms with Crippen molar-refractivity contribution in [1.29, 1.82) is 0 Å². The zero-order chi connectivity index (χ0) is 19.6. The molecule has 1 aromatic carbocycles. The van der Waals surface area contributed by atoms with Crippen molar-refractivity contribution in [3.63, 3.8) is 0 Å². The molecule has 3 rings (SSSR count). The first-order valence-electron chi connectivity index (χ1n) is 8.44. The largest absolute Gasteiger partial charge is 0.465 e. The topological polar surface area (TPSA) is 67.9 Å². The third kappa shape index (κ3) is 3.68.